The number of nitrogens with zero attached hydrogens (tertiary/aromatic N) is 3. The van der Waals surface area contributed by atoms with Gasteiger partial charge in [0.05, 0.1) is 30.6 Å². The second-order valence-corrected chi connectivity index (χ2v) is 4.75. The van der Waals surface area contributed by atoms with Gasteiger partial charge in [-0.05, 0) is 6.07 Å². The van der Waals surface area contributed by atoms with Crippen molar-refractivity contribution in [3.63, 3.8) is 0 Å². The fourth-order valence-electron chi connectivity index (χ4n) is 1.48. The van der Waals surface area contributed by atoms with E-state index in [4.69, 9.17) is 10.00 Å². The predicted molar refractivity (Wildman–Crippen MR) is 70.5 cm³/mol. The summed E-state index contributed by atoms with van der Waals surface area (Å²) in [6.45, 7) is 2.11. The molecule has 0 aliphatic rings. The van der Waals surface area contributed by atoms with Gasteiger partial charge in [0.15, 0.2) is 0 Å². The third-order valence-corrected chi connectivity index (χ3v) is 3.34. The van der Waals surface area contributed by atoms with Gasteiger partial charge < -0.3 is 10.1 Å². The van der Waals surface area contributed by atoms with E-state index in [-0.39, 0.29) is 0 Å². The minimum absolute atomic E-state index is 0.650. The smallest absolute Gasteiger partial charge is 0.100 e. The molecule has 0 unspecified atom stereocenters. The molecule has 0 bridgehead atoms. The molecule has 0 radical (unpaired) electrons. The molecule has 2 aromatic rings. The molecule has 0 atom stereocenters. The van der Waals surface area contributed by atoms with E-state index in [1.165, 1.54) is 0 Å². The van der Waals surface area contributed by atoms with Gasteiger partial charge in [-0.1, -0.05) is 0 Å². The van der Waals surface area contributed by atoms with Crippen molar-refractivity contribution < 1.29 is 4.74 Å². The number of methoxy groups -OCH3 is 1. The normalized spacial score (nSPS) is 10.2. The molecule has 6 heteroatoms. The molecule has 0 aliphatic carbocycles. The Labute approximate surface area is 110 Å². The zero-order chi connectivity index (χ0) is 12.8. The first-order chi connectivity index (χ1) is 8.81. The van der Waals surface area contributed by atoms with E-state index in [2.05, 4.69) is 16.5 Å². The zero-order valence-corrected chi connectivity index (χ0v) is 10.9. The number of nitrogens with one attached hydrogen (secondary N) is 1. The Balaban J connectivity index is 1.86. The molecule has 2 rings (SSSR count). The summed E-state index contributed by atoms with van der Waals surface area (Å²) in [6.07, 6.45) is 3.73. The maximum absolute atomic E-state index is 8.73. The van der Waals surface area contributed by atoms with Crippen molar-refractivity contribution in [3.8, 4) is 6.07 Å². The largest absolute Gasteiger partial charge is 0.383 e. The summed E-state index contributed by atoms with van der Waals surface area (Å²) in [5.41, 5.74) is 1.69. The summed E-state index contributed by atoms with van der Waals surface area (Å²) in [5, 5.41) is 18.1. The van der Waals surface area contributed by atoms with Crippen LogP contribution in [0.3, 0.4) is 0 Å². The summed E-state index contributed by atoms with van der Waals surface area (Å²) in [7, 11) is 1.67. The molecule has 94 valence electrons. The first-order valence-electron chi connectivity index (χ1n) is 5.54. The lowest BCUT2D eigenvalue weighted by molar-refractivity contribution is 0.183. The Morgan fingerprint density at radius 1 is 1.61 bits per heavy atom. The van der Waals surface area contributed by atoms with Crippen LogP contribution in [0.5, 0.6) is 0 Å². The van der Waals surface area contributed by atoms with Crippen molar-refractivity contribution in [1.82, 2.24) is 9.78 Å². The zero-order valence-electron chi connectivity index (χ0n) is 10.1. The quantitative estimate of drug-likeness (QED) is 0.865. The number of aromatic nitrogens is 2. The van der Waals surface area contributed by atoms with Crippen LogP contribution in [0, 0.1) is 11.3 Å². The molecule has 2 aromatic heterocycles. The first kappa shape index (κ1) is 12.6. The molecule has 0 aromatic carbocycles. The lowest BCUT2D eigenvalue weighted by atomic mass is 10.3. The second-order valence-electron chi connectivity index (χ2n) is 3.75. The van der Waals surface area contributed by atoms with Crippen molar-refractivity contribution in [2.45, 2.75) is 13.1 Å². The van der Waals surface area contributed by atoms with Crippen molar-refractivity contribution in [3.05, 3.63) is 34.3 Å². The summed E-state index contributed by atoms with van der Waals surface area (Å²) < 4.78 is 6.82. The Kier molecular flexibility index (Phi) is 4.34. The van der Waals surface area contributed by atoms with Crippen LogP contribution >= 0.6 is 11.3 Å². The molecule has 0 fully saturated rings. The van der Waals surface area contributed by atoms with Crippen molar-refractivity contribution >= 4 is 17.0 Å². The molecule has 2 heterocycles. The van der Waals surface area contributed by atoms with E-state index in [9.17, 15) is 0 Å². The van der Waals surface area contributed by atoms with E-state index in [1.807, 2.05) is 22.3 Å². The molecule has 0 saturated heterocycles. The van der Waals surface area contributed by atoms with Gasteiger partial charge in [-0.25, -0.2) is 0 Å². The topological polar surface area (TPSA) is 62.9 Å². The van der Waals surface area contributed by atoms with Gasteiger partial charge in [0.2, 0.25) is 0 Å². The highest BCUT2D eigenvalue weighted by molar-refractivity contribution is 7.10. The highest BCUT2D eigenvalue weighted by atomic mass is 32.1. The van der Waals surface area contributed by atoms with Crippen LogP contribution in [0.1, 0.15) is 10.4 Å². The summed E-state index contributed by atoms with van der Waals surface area (Å²) in [6, 6.07) is 4.02. The monoisotopic (exact) mass is 262 g/mol. The highest BCUT2D eigenvalue weighted by Crippen LogP contribution is 2.15. The lowest BCUT2D eigenvalue weighted by Gasteiger charge is -2.00. The SMILES string of the molecule is COCCn1cc(NCc2cc(C#N)cs2)cn1. The second kappa shape index (κ2) is 6.19. The van der Waals surface area contributed by atoms with E-state index < -0.39 is 0 Å². The Hall–Kier alpha value is -1.84. The molecule has 18 heavy (non-hydrogen) atoms. The van der Waals surface area contributed by atoms with E-state index >= 15 is 0 Å². The molecule has 5 nitrogen and oxygen atoms in total. The van der Waals surface area contributed by atoms with E-state index in [1.54, 1.807) is 24.6 Å². The molecule has 0 saturated carbocycles. The third kappa shape index (κ3) is 3.32. The fourth-order valence-corrected chi connectivity index (χ4v) is 2.23. The maximum atomic E-state index is 8.73. The third-order valence-electron chi connectivity index (χ3n) is 2.41. The van der Waals surface area contributed by atoms with Gasteiger partial charge in [-0.15, -0.1) is 11.3 Å². The van der Waals surface area contributed by atoms with Gasteiger partial charge in [-0.3, -0.25) is 4.68 Å². The summed E-state index contributed by atoms with van der Waals surface area (Å²) in [4.78, 5) is 1.14. The van der Waals surface area contributed by atoms with Crippen molar-refractivity contribution in [2.24, 2.45) is 0 Å². The number of thiophene rings is 1. The number of hydrogen-bond donors (Lipinski definition) is 1. The van der Waals surface area contributed by atoms with Gasteiger partial charge in [-0.2, -0.15) is 10.4 Å². The standard InChI is InChI=1S/C12H14N4OS/c1-17-3-2-16-8-11(6-15-16)14-7-12-4-10(5-13)9-18-12/h4,6,8-9,14H,2-3,7H2,1H3. The fraction of sp³-hybridized carbons (Fsp3) is 0.333. The van der Waals surface area contributed by atoms with Crippen LogP contribution in [0.4, 0.5) is 5.69 Å². The summed E-state index contributed by atoms with van der Waals surface area (Å²) >= 11 is 1.58. The average Bonchev–Trinajstić information content (AvgIpc) is 3.03. The highest BCUT2D eigenvalue weighted by Gasteiger charge is 2.01. The number of anilines is 1. The van der Waals surface area contributed by atoms with Crippen LogP contribution < -0.4 is 5.32 Å². The molecule has 0 aliphatic heterocycles. The lowest BCUT2D eigenvalue weighted by Crippen LogP contribution is -2.04. The molecule has 0 spiro atoms. The number of nitriles is 1. The van der Waals surface area contributed by atoms with Gasteiger partial charge in [0.25, 0.3) is 0 Å². The van der Waals surface area contributed by atoms with Crippen LogP contribution in [0.2, 0.25) is 0 Å². The Bertz CT molecular complexity index is 540. The minimum Gasteiger partial charge on any atom is -0.383 e. The number of ether oxygens (including phenoxy) is 1. The molecule has 1 N–H and O–H groups in total. The first-order valence-corrected chi connectivity index (χ1v) is 6.42. The maximum Gasteiger partial charge on any atom is 0.100 e. The molecular weight excluding hydrogens is 248 g/mol. The molecule has 0 amide bonds. The average molecular weight is 262 g/mol. The van der Waals surface area contributed by atoms with Gasteiger partial charge >= 0.3 is 0 Å². The number of rotatable bonds is 6. The Morgan fingerprint density at radius 3 is 3.22 bits per heavy atom. The Morgan fingerprint density at radius 2 is 2.50 bits per heavy atom. The number of hydrogen-bond acceptors (Lipinski definition) is 5. The minimum atomic E-state index is 0.650. The molecular formula is C12H14N4OS. The predicted octanol–water partition coefficient (Wildman–Crippen LogP) is 2.07. The van der Waals surface area contributed by atoms with Gasteiger partial charge in [0.1, 0.15) is 6.07 Å². The van der Waals surface area contributed by atoms with Gasteiger partial charge in [0, 0.05) is 30.1 Å². The van der Waals surface area contributed by atoms with Crippen LogP contribution in [0.15, 0.2) is 23.8 Å². The van der Waals surface area contributed by atoms with Crippen LogP contribution in [0.25, 0.3) is 0 Å². The van der Waals surface area contributed by atoms with Crippen molar-refractivity contribution in [1.29, 1.82) is 5.26 Å². The summed E-state index contributed by atoms with van der Waals surface area (Å²) in [5.74, 6) is 0. The van der Waals surface area contributed by atoms with Crippen LogP contribution in [-0.4, -0.2) is 23.5 Å². The van der Waals surface area contributed by atoms with E-state index in [0.717, 1.165) is 17.1 Å². The van der Waals surface area contributed by atoms with E-state index in [0.29, 0.717) is 18.7 Å². The van der Waals surface area contributed by atoms with Crippen LogP contribution in [-0.2, 0) is 17.8 Å². The van der Waals surface area contributed by atoms with Crippen molar-refractivity contribution in [2.75, 3.05) is 19.0 Å².